The van der Waals surface area contributed by atoms with Gasteiger partial charge in [0.1, 0.15) is 17.2 Å². The maximum atomic E-state index is 14.0. The highest BCUT2D eigenvalue weighted by Gasteiger charge is 2.47. The molecule has 1 spiro atoms. The lowest BCUT2D eigenvalue weighted by Gasteiger charge is -2.54. The second kappa shape index (κ2) is 13.6. The number of fused-ring (bicyclic) bond motifs is 2. The second-order valence-electron chi connectivity index (χ2n) is 15.8. The summed E-state index contributed by atoms with van der Waals surface area (Å²) in [5.74, 6) is -1.58. The van der Waals surface area contributed by atoms with Crippen molar-refractivity contribution < 1.29 is 31.5 Å². The van der Waals surface area contributed by atoms with Crippen LogP contribution in [-0.2, 0) is 4.79 Å². The van der Waals surface area contributed by atoms with Gasteiger partial charge in [-0.2, -0.15) is 18.3 Å². The zero-order valence-electron chi connectivity index (χ0n) is 30.3. The van der Waals surface area contributed by atoms with Gasteiger partial charge in [-0.1, -0.05) is 25.3 Å². The smallest absolute Gasteiger partial charge is 0.422 e. The average Bonchev–Trinajstić information content (AvgIpc) is 3.60. The van der Waals surface area contributed by atoms with Crippen LogP contribution >= 0.6 is 0 Å². The molecule has 1 aliphatic carbocycles. The van der Waals surface area contributed by atoms with E-state index in [1.54, 1.807) is 17.2 Å². The highest BCUT2D eigenvalue weighted by atomic mass is 19.4. The van der Waals surface area contributed by atoms with E-state index in [1.807, 2.05) is 25.1 Å². The summed E-state index contributed by atoms with van der Waals surface area (Å²) in [4.78, 5) is 28.7. The van der Waals surface area contributed by atoms with E-state index in [0.29, 0.717) is 97.9 Å². The quantitative estimate of drug-likeness (QED) is 0.138. The van der Waals surface area contributed by atoms with E-state index in [9.17, 15) is 26.7 Å². The lowest BCUT2D eigenvalue weighted by atomic mass is 9.72. The minimum Gasteiger partial charge on any atom is -0.481 e. The topological polar surface area (TPSA) is 90.5 Å². The molecule has 8 rings (SSSR count). The van der Waals surface area contributed by atoms with Crippen LogP contribution in [0.5, 0.6) is 5.75 Å². The Bertz CT molecular complexity index is 2100. The largest absolute Gasteiger partial charge is 0.481 e. The molecule has 0 unspecified atom stereocenters. The number of aryl methyl sites for hydroxylation is 1. The van der Waals surface area contributed by atoms with Crippen LogP contribution in [0.25, 0.3) is 39.0 Å². The van der Waals surface area contributed by atoms with E-state index in [-0.39, 0.29) is 41.7 Å². The van der Waals surface area contributed by atoms with Crippen molar-refractivity contribution in [1.82, 2.24) is 30.0 Å². The van der Waals surface area contributed by atoms with Crippen LogP contribution < -0.4 is 9.64 Å². The molecule has 14 heteroatoms. The monoisotopic (exact) mass is 749 g/mol. The number of likely N-dealkylation sites (tertiary alicyclic amines) is 2. The number of carbonyl (C=O) groups is 1. The molecule has 1 N–H and O–H groups in total. The molecule has 0 bridgehead atoms. The van der Waals surface area contributed by atoms with Gasteiger partial charge in [-0.05, 0) is 86.5 Å². The Labute approximate surface area is 310 Å². The molecule has 1 saturated carbocycles. The molecule has 4 fully saturated rings. The van der Waals surface area contributed by atoms with E-state index in [0.717, 1.165) is 29.3 Å². The van der Waals surface area contributed by atoms with Crippen LogP contribution in [0.4, 0.5) is 27.8 Å². The third-order valence-electron chi connectivity index (χ3n) is 12.0. The predicted octanol–water partition coefficient (Wildman–Crippen LogP) is 7.91. The van der Waals surface area contributed by atoms with Crippen LogP contribution in [0.2, 0.25) is 0 Å². The Morgan fingerprint density at radius 1 is 1.04 bits per heavy atom. The van der Waals surface area contributed by atoms with Crippen molar-refractivity contribution >= 4 is 39.6 Å². The van der Waals surface area contributed by atoms with Gasteiger partial charge in [0.05, 0.1) is 11.7 Å². The number of hydrogen-bond acceptors (Lipinski definition) is 7. The van der Waals surface area contributed by atoms with Crippen molar-refractivity contribution in [3.8, 4) is 16.9 Å². The number of nitrogens with zero attached hydrogens (tertiary/aromatic N) is 6. The first kappa shape index (κ1) is 36.4. The zero-order chi connectivity index (χ0) is 38.0. The molecule has 9 nitrogen and oxygen atoms in total. The summed E-state index contributed by atoms with van der Waals surface area (Å²) in [6, 6.07) is 5.68. The molecule has 3 aliphatic heterocycles. The number of piperidine rings is 2. The first-order valence-corrected chi connectivity index (χ1v) is 18.7. The number of benzene rings is 2. The SMILES string of the molecule is C=CC(=O)N1CC2(CCN(c3nc(C4CCN(CC5CC(F)(F)C5)CC4)nc4c(OCC(F)(F)F)c(-c5c(C)ccc6[nH]ncc56)c(C=C)cc34)CC2)C1. The minimum atomic E-state index is -4.62. The normalized spacial score (nSPS) is 20.6. The molecule has 2 aromatic carbocycles. The molecule has 3 saturated heterocycles. The molecule has 0 atom stereocenters. The third-order valence-corrected chi connectivity index (χ3v) is 12.0. The number of hydrogen-bond donors (Lipinski definition) is 1. The average molecular weight is 750 g/mol. The summed E-state index contributed by atoms with van der Waals surface area (Å²) >= 11 is 0. The Morgan fingerprint density at radius 2 is 1.76 bits per heavy atom. The molecule has 2 aromatic heterocycles. The lowest BCUT2D eigenvalue weighted by Crippen LogP contribution is -2.61. The van der Waals surface area contributed by atoms with Crippen LogP contribution in [-0.4, -0.2) is 100 Å². The van der Waals surface area contributed by atoms with E-state index in [2.05, 4.69) is 33.2 Å². The van der Waals surface area contributed by atoms with E-state index in [1.165, 1.54) is 6.08 Å². The number of nitrogens with one attached hydrogen (secondary N) is 1. The zero-order valence-corrected chi connectivity index (χ0v) is 30.3. The van der Waals surface area contributed by atoms with Gasteiger partial charge in [-0.15, -0.1) is 0 Å². The van der Waals surface area contributed by atoms with Gasteiger partial charge in [0.25, 0.3) is 0 Å². The van der Waals surface area contributed by atoms with E-state index >= 15 is 0 Å². The molecule has 5 heterocycles. The number of H-pyrrole nitrogens is 1. The number of aromatic nitrogens is 4. The van der Waals surface area contributed by atoms with E-state index in [4.69, 9.17) is 14.7 Å². The van der Waals surface area contributed by atoms with Crippen LogP contribution in [0.1, 0.15) is 61.4 Å². The highest BCUT2D eigenvalue weighted by Crippen LogP contribution is 2.48. The standard InChI is InChI=1S/C40H44F5N7O2/c1-4-26-16-28-34(35(54-23-40(43,44)45)33(26)32-24(3)6-7-30-29(32)19-46-49-30)47-36(27-8-12-50(13-9-27)20-25-17-39(41,42)18-25)48-37(28)51-14-10-38(11-15-51)21-52(22-38)31(53)5-2/h4-7,16,19,25,27H,1-2,8-15,17-18,20-23H2,3H3,(H,46,49). The first-order chi connectivity index (χ1) is 25.7. The molecular formula is C40H44F5N7O2. The van der Waals surface area contributed by atoms with Crippen molar-refractivity contribution in [3.63, 3.8) is 0 Å². The molecule has 4 aromatic rings. The first-order valence-electron chi connectivity index (χ1n) is 18.7. The van der Waals surface area contributed by atoms with Gasteiger partial charge in [0.2, 0.25) is 11.8 Å². The third kappa shape index (κ3) is 6.81. The minimum absolute atomic E-state index is 0.000702. The summed E-state index contributed by atoms with van der Waals surface area (Å²) in [5.41, 5.74) is 3.55. The van der Waals surface area contributed by atoms with Crippen molar-refractivity contribution in [3.05, 3.63) is 60.6 Å². The Kier molecular flexibility index (Phi) is 9.17. The maximum Gasteiger partial charge on any atom is 0.422 e. The van der Waals surface area contributed by atoms with Crippen LogP contribution in [0.15, 0.2) is 43.6 Å². The van der Waals surface area contributed by atoms with Gasteiger partial charge in [0, 0.05) is 73.2 Å². The number of alkyl halides is 5. The molecular weight excluding hydrogens is 705 g/mol. The van der Waals surface area contributed by atoms with Crippen LogP contribution in [0, 0.1) is 18.3 Å². The fourth-order valence-corrected chi connectivity index (χ4v) is 9.06. The molecule has 4 aliphatic rings. The Balaban J connectivity index is 1.22. The number of halogens is 5. The second-order valence-corrected chi connectivity index (χ2v) is 15.8. The number of anilines is 1. The van der Waals surface area contributed by atoms with Gasteiger partial charge < -0.3 is 19.4 Å². The Hall–Kier alpha value is -4.59. The number of aromatic amines is 1. The molecule has 1 amide bonds. The van der Waals surface area contributed by atoms with Gasteiger partial charge in [-0.3, -0.25) is 9.89 Å². The fraction of sp³-hybridized carbons (Fsp3) is 0.500. The number of carbonyl (C=O) groups excluding carboxylic acids is 1. The molecule has 0 radical (unpaired) electrons. The summed E-state index contributed by atoms with van der Waals surface area (Å²) < 4.78 is 75.0. The van der Waals surface area contributed by atoms with Crippen molar-refractivity contribution in [2.45, 2.75) is 63.5 Å². The number of amides is 1. The van der Waals surface area contributed by atoms with Crippen LogP contribution in [0.3, 0.4) is 0 Å². The predicted molar refractivity (Wildman–Crippen MR) is 198 cm³/mol. The van der Waals surface area contributed by atoms with E-state index < -0.39 is 18.7 Å². The lowest BCUT2D eigenvalue weighted by molar-refractivity contribution is -0.153. The van der Waals surface area contributed by atoms with Crippen molar-refractivity contribution in [2.24, 2.45) is 11.3 Å². The van der Waals surface area contributed by atoms with Gasteiger partial charge >= 0.3 is 6.18 Å². The summed E-state index contributed by atoms with van der Waals surface area (Å²) in [6.45, 7) is 12.7. The number of ether oxygens (including phenoxy) is 1. The van der Waals surface area contributed by atoms with Crippen molar-refractivity contribution in [2.75, 3.05) is 57.3 Å². The Morgan fingerprint density at radius 3 is 2.41 bits per heavy atom. The van der Waals surface area contributed by atoms with Gasteiger partial charge in [-0.25, -0.2) is 18.7 Å². The summed E-state index contributed by atoms with van der Waals surface area (Å²) in [5, 5.41) is 8.49. The van der Waals surface area contributed by atoms with Crippen molar-refractivity contribution in [1.29, 1.82) is 0 Å². The summed E-state index contributed by atoms with van der Waals surface area (Å²) in [7, 11) is 0. The molecule has 286 valence electrons. The molecule has 54 heavy (non-hydrogen) atoms. The number of rotatable bonds is 9. The highest BCUT2D eigenvalue weighted by molar-refractivity contribution is 6.07. The summed E-state index contributed by atoms with van der Waals surface area (Å²) in [6.07, 6.45) is 2.86. The maximum absolute atomic E-state index is 14.0. The fourth-order valence-electron chi connectivity index (χ4n) is 9.06. The van der Waals surface area contributed by atoms with Gasteiger partial charge in [0.15, 0.2) is 12.4 Å².